The number of hydrogen-bond acceptors (Lipinski definition) is 29. The first-order chi connectivity index (χ1) is 40.8. The normalized spacial score (nSPS) is 54.0. The van der Waals surface area contributed by atoms with Crippen molar-refractivity contribution in [3.8, 4) is 0 Å². The smallest absolute Gasteiger partial charge is 0.317 e. The minimum Gasteiger partial charge on any atom is -0.432 e. The summed E-state index contributed by atoms with van der Waals surface area (Å²) in [7, 11) is 0. The van der Waals surface area contributed by atoms with Gasteiger partial charge < -0.3 is 139 Å². The predicted octanol–water partition coefficient (Wildman–Crippen LogP) is -6.02. The third kappa shape index (κ3) is 11.1. The van der Waals surface area contributed by atoms with E-state index in [2.05, 4.69) is 33.8 Å². The van der Waals surface area contributed by atoms with E-state index in [0.717, 1.165) is 5.57 Å². The maximum atomic E-state index is 15.4. The van der Waals surface area contributed by atoms with Crippen LogP contribution in [0.15, 0.2) is 11.6 Å². The van der Waals surface area contributed by atoms with Crippen LogP contribution in [0.3, 0.4) is 0 Å². The van der Waals surface area contributed by atoms with Crippen molar-refractivity contribution >= 4 is 5.97 Å². The van der Waals surface area contributed by atoms with Gasteiger partial charge in [-0.05, 0) is 97.7 Å². The summed E-state index contributed by atoms with van der Waals surface area (Å²) >= 11 is 0. The van der Waals surface area contributed by atoms with E-state index in [0.29, 0.717) is 32.1 Å². The van der Waals surface area contributed by atoms with E-state index in [1.807, 2.05) is 6.92 Å². The van der Waals surface area contributed by atoms with Crippen molar-refractivity contribution < 1.29 is 144 Å². The molecule has 5 heterocycles. The third-order valence-electron chi connectivity index (χ3n) is 22.9. The van der Waals surface area contributed by atoms with Gasteiger partial charge in [-0.2, -0.15) is 0 Å². The SMILES string of the molecule is C[C@@H]1O[C@@H](O[C@H]2[C@H](OC(=O)[C@]34CCC(C)(C)C[C@@H]3C3=CC[C@@H]5[C@@]6(C)C[C@H](O)[C@H](O[C@@H]7O[C@H](CO)[C@@H](O)[C@H](O[C@@H]8O[C@H](CO)[C@@H](O)[C@H](O)[C@H]8O)[C@H]7O)C(CO)(CO)[C@H]6CC[C@@]5(C)[C@]3(C)C[C@H]4O)OC[C@H](O)[C@@H]2O)[C@H](O)[C@H](O)[C@H]1O[C@@H]1OC[C@@H](O)[C@H](O)[C@H]1O. The van der Waals surface area contributed by atoms with Crippen molar-refractivity contribution in [2.75, 3.05) is 39.6 Å². The Kier molecular flexibility index (Phi) is 19.6. The van der Waals surface area contributed by atoms with Crippen LogP contribution in [-0.4, -0.2) is 297 Å². The monoisotopic (exact) mass is 1250 g/mol. The predicted molar refractivity (Wildman–Crippen MR) is 288 cm³/mol. The number of aliphatic hydroxyl groups is 18. The molecule has 33 atom stereocenters. The summed E-state index contributed by atoms with van der Waals surface area (Å²) in [4.78, 5) is 15.4. The van der Waals surface area contributed by atoms with Gasteiger partial charge in [-0.1, -0.05) is 46.3 Å². The van der Waals surface area contributed by atoms with Crippen LogP contribution in [0.2, 0.25) is 0 Å². The van der Waals surface area contributed by atoms with Crippen molar-refractivity contribution in [1.29, 1.82) is 0 Å². The van der Waals surface area contributed by atoms with Crippen LogP contribution in [0.5, 0.6) is 0 Å². The highest BCUT2D eigenvalue weighted by atomic mass is 16.8. The average Bonchev–Trinajstić information content (AvgIpc) is 0.675. The first-order valence-corrected chi connectivity index (χ1v) is 30.5. The number of carbonyl (C=O) groups is 1. The van der Waals surface area contributed by atoms with Crippen LogP contribution in [0.4, 0.5) is 0 Å². The van der Waals surface area contributed by atoms with Gasteiger partial charge in [0.15, 0.2) is 31.3 Å². The molecule has 10 rings (SSSR count). The first kappa shape index (κ1) is 68.0. The maximum Gasteiger partial charge on any atom is 0.317 e. The second-order valence-electron chi connectivity index (χ2n) is 28.2. The van der Waals surface area contributed by atoms with Gasteiger partial charge in [0.25, 0.3) is 0 Å². The van der Waals surface area contributed by atoms with Crippen molar-refractivity contribution in [1.82, 2.24) is 0 Å². The van der Waals surface area contributed by atoms with E-state index < -0.39 is 244 Å². The molecule has 5 aliphatic carbocycles. The highest BCUT2D eigenvalue weighted by Crippen LogP contribution is 2.76. The molecule has 87 heavy (non-hydrogen) atoms. The zero-order chi connectivity index (χ0) is 63.6. The van der Waals surface area contributed by atoms with Crippen LogP contribution in [0, 0.1) is 50.2 Å². The molecule has 4 saturated carbocycles. The van der Waals surface area contributed by atoms with Gasteiger partial charge in [0.2, 0.25) is 6.29 Å². The molecule has 29 heteroatoms. The van der Waals surface area contributed by atoms with Crippen molar-refractivity contribution in [2.24, 2.45) is 50.2 Å². The Morgan fingerprint density at radius 2 is 1.10 bits per heavy atom. The molecule has 0 amide bonds. The number of hydrogen-bond donors (Lipinski definition) is 18. The van der Waals surface area contributed by atoms with Crippen LogP contribution < -0.4 is 0 Å². The highest BCUT2D eigenvalue weighted by Gasteiger charge is 2.74. The fraction of sp³-hybridized carbons (Fsp3) is 0.948. The van der Waals surface area contributed by atoms with Gasteiger partial charge >= 0.3 is 5.97 Å². The number of carbonyl (C=O) groups excluding carboxylic acids is 1. The van der Waals surface area contributed by atoms with Gasteiger partial charge in [0.1, 0.15) is 103 Å². The fourth-order valence-corrected chi connectivity index (χ4v) is 17.7. The zero-order valence-corrected chi connectivity index (χ0v) is 49.8. The van der Waals surface area contributed by atoms with E-state index in [-0.39, 0.29) is 30.6 Å². The third-order valence-corrected chi connectivity index (χ3v) is 22.9. The molecule has 0 aromatic carbocycles. The molecule has 5 saturated heterocycles. The zero-order valence-electron chi connectivity index (χ0n) is 49.8. The van der Waals surface area contributed by atoms with Gasteiger partial charge in [-0.3, -0.25) is 4.79 Å². The number of rotatable bonds is 14. The topological polar surface area (TPSA) is 474 Å². The summed E-state index contributed by atoms with van der Waals surface area (Å²) in [6, 6.07) is 0. The molecule has 0 radical (unpaired) electrons. The minimum absolute atomic E-state index is 0.0230. The first-order valence-electron chi connectivity index (χ1n) is 30.5. The van der Waals surface area contributed by atoms with Crippen molar-refractivity contribution in [3.05, 3.63) is 11.6 Å². The molecule has 500 valence electrons. The molecular weight excluding hydrogens is 1160 g/mol. The molecule has 0 unspecified atom stereocenters. The molecule has 10 aliphatic rings. The summed E-state index contributed by atoms with van der Waals surface area (Å²) in [5.74, 6) is -2.42. The van der Waals surface area contributed by atoms with Gasteiger partial charge in [-0.15, -0.1) is 0 Å². The molecule has 5 aliphatic heterocycles. The van der Waals surface area contributed by atoms with Gasteiger partial charge in [-0.25, -0.2) is 0 Å². The molecule has 0 bridgehead atoms. The van der Waals surface area contributed by atoms with E-state index in [4.69, 9.17) is 47.4 Å². The van der Waals surface area contributed by atoms with Gasteiger partial charge in [0, 0.05) is 5.41 Å². The van der Waals surface area contributed by atoms with Crippen LogP contribution in [0.1, 0.15) is 92.9 Å². The molecule has 0 spiro atoms. The van der Waals surface area contributed by atoms with Crippen LogP contribution in [0.25, 0.3) is 0 Å². The Morgan fingerprint density at radius 1 is 0.540 bits per heavy atom. The Balaban J connectivity index is 0.890. The summed E-state index contributed by atoms with van der Waals surface area (Å²) in [5, 5.41) is 199. The summed E-state index contributed by atoms with van der Waals surface area (Å²) in [6.07, 6.45) is -38.9. The molecule has 9 fully saturated rings. The summed E-state index contributed by atoms with van der Waals surface area (Å²) in [6.45, 7) is 7.74. The maximum absolute atomic E-state index is 15.4. The highest BCUT2D eigenvalue weighted by molar-refractivity contribution is 5.80. The van der Waals surface area contributed by atoms with E-state index in [9.17, 15) is 91.9 Å². The largest absolute Gasteiger partial charge is 0.432 e. The lowest BCUT2D eigenvalue weighted by molar-refractivity contribution is -0.377. The lowest BCUT2D eigenvalue weighted by atomic mass is 9.33. The molecule has 0 aromatic heterocycles. The lowest BCUT2D eigenvalue weighted by Gasteiger charge is -2.72. The second-order valence-corrected chi connectivity index (χ2v) is 28.2. The van der Waals surface area contributed by atoms with Gasteiger partial charge in [0.05, 0.1) is 64.1 Å². The molecular formula is C58H94O29. The Bertz CT molecular complexity index is 2420. The fourth-order valence-electron chi connectivity index (χ4n) is 17.7. The minimum atomic E-state index is -1.98. The van der Waals surface area contributed by atoms with E-state index in [1.165, 1.54) is 6.92 Å². The van der Waals surface area contributed by atoms with E-state index in [1.54, 1.807) is 0 Å². The second kappa shape index (κ2) is 25.1. The van der Waals surface area contributed by atoms with Crippen LogP contribution >= 0.6 is 0 Å². The Labute approximate surface area is 502 Å². The Morgan fingerprint density at radius 3 is 1.75 bits per heavy atom. The standard InChI is InChI=1S/C58H94O29/c1-22-43(83-47-39(73)33(67)26(64)18-78-47)38(72)41(75)48(80-22)85-45-34(68)27(65)19-79-51(45)87-52(77)58-12-11-53(2,3)13-24(58)23-7-8-30-54(4)14-25(63)46(57(20-61,21-62)31(54)9-10-55(30,5)56(23,6)15-32(58)66)86-50-42(76)44(36(70)29(17-60)82-50)84-49-40(74)37(71)35(69)28(16-59)81-49/h7,22,24-51,59-76H,8-21H2,1-6H3/t22-,24+,25-,26+,27-,28+,29+,30+,31-,32+,33-,34-,35+,36+,37-,38-,39+,40+,41+,42+,43-,44-,45+,46-,47-,48-,49-,50-,51-,54+,55+,56+,58+/m0/s1. The number of ether oxygens (including phenoxy) is 10. The summed E-state index contributed by atoms with van der Waals surface area (Å²) in [5.41, 5.74) is -5.13. The van der Waals surface area contributed by atoms with Crippen molar-refractivity contribution in [3.63, 3.8) is 0 Å². The Hall–Kier alpha value is -1.87. The number of aliphatic hydroxyl groups excluding tert-OH is 18. The number of esters is 1. The quantitative estimate of drug-likeness (QED) is 0.0437. The van der Waals surface area contributed by atoms with Crippen LogP contribution in [-0.2, 0) is 52.2 Å². The summed E-state index contributed by atoms with van der Waals surface area (Å²) < 4.78 is 58.7. The molecule has 29 nitrogen and oxygen atoms in total. The molecule has 0 aromatic rings. The van der Waals surface area contributed by atoms with Crippen molar-refractivity contribution in [2.45, 2.75) is 253 Å². The number of fused-ring (bicyclic) bond motifs is 7. The average molecular weight is 1260 g/mol. The van der Waals surface area contributed by atoms with E-state index >= 15 is 4.79 Å². The molecule has 18 N–H and O–H groups in total. The lowest BCUT2D eigenvalue weighted by Crippen LogP contribution is -2.72. The number of allylic oxidation sites excluding steroid dienone is 2.